The van der Waals surface area contributed by atoms with Crippen LogP contribution < -0.4 is 19.5 Å². The summed E-state index contributed by atoms with van der Waals surface area (Å²) >= 11 is 0. The van der Waals surface area contributed by atoms with Gasteiger partial charge in [-0.25, -0.2) is 4.79 Å². The topological polar surface area (TPSA) is 118 Å². The maximum absolute atomic E-state index is 12.7. The number of hydrogen-bond acceptors (Lipinski definition) is 7. The molecule has 0 fully saturated rings. The molecule has 0 saturated carbocycles. The van der Waals surface area contributed by atoms with Gasteiger partial charge in [0.05, 0.1) is 30.9 Å². The fraction of sp³-hybridized carbons (Fsp3) is 0.192. The van der Waals surface area contributed by atoms with Gasteiger partial charge >= 0.3 is 5.97 Å². The van der Waals surface area contributed by atoms with E-state index in [1.165, 1.54) is 7.11 Å². The second-order valence-electron chi connectivity index (χ2n) is 7.19. The summed E-state index contributed by atoms with van der Waals surface area (Å²) in [5, 5.41) is 21.8. The van der Waals surface area contributed by atoms with Crippen molar-refractivity contribution in [1.29, 1.82) is 5.26 Å². The monoisotopic (exact) mass is 460 g/mol. The minimum Gasteiger partial charge on any atom is -0.496 e. The van der Waals surface area contributed by atoms with E-state index in [2.05, 4.69) is 5.32 Å². The van der Waals surface area contributed by atoms with E-state index in [0.717, 1.165) is 0 Å². The molecular formula is C26H24N2O6. The molecule has 1 atom stereocenters. The molecule has 0 saturated heterocycles. The molecule has 3 aromatic rings. The Morgan fingerprint density at radius 2 is 1.71 bits per heavy atom. The minimum absolute atomic E-state index is 0.268. The number of nitrogens with zero attached hydrogens (tertiary/aromatic N) is 1. The Hall–Kier alpha value is -4.51. The fourth-order valence-electron chi connectivity index (χ4n) is 3.29. The molecule has 8 nitrogen and oxygen atoms in total. The summed E-state index contributed by atoms with van der Waals surface area (Å²) in [7, 11) is 1.48. The SMILES string of the molecule is CCOc1cc(OCC(=O)c2ccccc2OC)cc([C@@H](Nc2ccc(C#N)cc2)C(=O)O)c1. The molecule has 0 aliphatic carbocycles. The van der Waals surface area contributed by atoms with Crippen molar-refractivity contribution in [2.45, 2.75) is 13.0 Å². The first-order valence-corrected chi connectivity index (χ1v) is 10.5. The Labute approximate surface area is 197 Å². The number of carboxylic acids is 1. The van der Waals surface area contributed by atoms with Crippen LogP contribution in [0.2, 0.25) is 0 Å². The van der Waals surface area contributed by atoms with E-state index in [9.17, 15) is 14.7 Å². The maximum atomic E-state index is 12.7. The molecule has 0 amide bonds. The minimum atomic E-state index is -1.12. The summed E-state index contributed by atoms with van der Waals surface area (Å²) in [6.45, 7) is 1.90. The lowest BCUT2D eigenvalue weighted by Gasteiger charge is -2.19. The van der Waals surface area contributed by atoms with Crippen molar-refractivity contribution in [1.82, 2.24) is 0 Å². The fourth-order valence-corrected chi connectivity index (χ4v) is 3.29. The number of methoxy groups -OCH3 is 1. The molecule has 8 heteroatoms. The van der Waals surface area contributed by atoms with E-state index in [1.54, 1.807) is 66.7 Å². The smallest absolute Gasteiger partial charge is 0.330 e. The number of para-hydroxylation sites is 1. The van der Waals surface area contributed by atoms with Gasteiger partial charge in [-0.3, -0.25) is 4.79 Å². The number of carbonyl (C=O) groups is 2. The molecular weight excluding hydrogens is 436 g/mol. The lowest BCUT2D eigenvalue weighted by Crippen LogP contribution is -2.21. The number of rotatable bonds is 11. The van der Waals surface area contributed by atoms with Gasteiger partial charge in [0.15, 0.2) is 12.6 Å². The molecule has 0 heterocycles. The third-order valence-electron chi connectivity index (χ3n) is 4.90. The number of aliphatic carboxylic acids is 1. The largest absolute Gasteiger partial charge is 0.496 e. The molecule has 3 aromatic carbocycles. The van der Waals surface area contributed by atoms with Gasteiger partial charge in [-0.05, 0) is 61.0 Å². The van der Waals surface area contributed by atoms with Crippen molar-refractivity contribution < 1.29 is 28.9 Å². The van der Waals surface area contributed by atoms with Gasteiger partial charge in [0.1, 0.15) is 17.2 Å². The lowest BCUT2D eigenvalue weighted by molar-refractivity contribution is -0.138. The highest BCUT2D eigenvalue weighted by Crippen LogP contribution is 2.30. The highest BCUT2D eigenvalue weighted by Gasteiger charge is 2.22. The molecule has 2 N–H and O–H groups in total. The maximum Gasteiger partial charge on any atom is 0.330 e. The number of nitrogens with one attached hydrogen (secondary N) is 1. The van der Waals surface area contributed by atoms with E-state index in [4.69, 9.17) is 19.5 Å². The van der Waals surface area contributed by atoms with Gasteiger partial charge in [-0.1, -0.05) is 12.1 Å². The Morgan fingerprint density at radius 1 is 1.03 bits per heavy atom. The predicted octanol–water partition coefficient (Wildman–Crippen LogP) is 4.47. The lowest BCUT2D eigenvalue weighted by atomic mass is 10.1. The van der Waals surface area contributed by atoms with Crippen LogP contribution in [0.4, 0.5) is 5.69 Å². The van der Waals surface area contributed by atoms with E-state index in [0.29, 0.717) is 40.5 Å². The average Bonchev–Trinajstić information content (AvgIpc) is 2.86. The zero-order chi connectivity index (χ0) is 24.5. The molecule has 0 aliphatic rings. The Kier molecular flexibility index (Phi) is 8.08. The number of benzene rings is 3. The molecule has 0 radical (unpaired) electrons. The number of anilines is 1. The van der Waals surface area contributed by atoms with Gasteiger partial charge in [0.25, 0.3) is 0 Å². The summed E-state index contributed by atoms with van der Waals surface area (Å²) in [6, 6.07) is 18.9. The zero-order valence-corrected chi connectivity index (χ0v) is 18.8. The number of carboxylic acid groups (broad SMARTS) is 1. The zero-order valence-electron chi connectivity index (χ0n) is 18.8. The number of nitriles is 1. The molecule has 0 aromatic heterocycles. The average molecular weight is 460 g/mol. The molecule has 0 bridgehead atoms. The number of hydrogen-bond donors (Lipinski definition) is 2. The van der Waals surface area contributed by atoms with Gasteiger partial charge in [-0.15, -0.1) is 0 Å². The van der Waals surface area contributed by atoms with Crippen LogP contribution in [0.3, 0.4) is 0 Å². The summed E-state index contributed by atoms with van der Waals surface area (Å²) in [4.78, 5) is 24.7. The highest BCUT2D eigenvalue weighted by molar-refractivity contribution is 5.99. The molecule has 34 heavy (non-hydrogen) atoms. The van der Waals surface area contributed by atoms with Crippen LogP contribution in [-0.2, 0) is 4.79 Å². The third-order valence-corrected chi connectivity index (χ3v) is 4.90. The van der Waals surface area contributed by atoms with Crippen LogP contribution in [0.1, 0.15) is 34.5 Å². The van der Waals surface area contributed by atoms with E-state index >= 15 is 0 Å². The Bertz CT molecular complexity index is 1200. The van der Waals surface area contributed by atoms with Gasteiger partial charge < -0.3 is 24.6 Å². The summed E-state index contributed by atoms with van der Waals surface area (Å²) in [5.41, 5.74) is 1.76. The van der Waals surface area contributed by atoms with Crippen molar-refractivity contribution in [3.8, 4) is 23.3 Å². The first-order chi connectivity index (χ1) is 16.4. The quantitative estimate of drug-likeness (QED) is 0.403. The van der Waals surface area contributed by atoms with Crippen LogP contribution in [-0.4, -0.2) is 37.2 Å². The van der Waals surface area contributed by atoms with Crippen molar-refractivity contribution in [2.75, 3.05) is 25.6 Å². The van der Waals surface area contributed by atoms with Crippen LogP contribution in [0, 0.1) is 11.3 Å². The van der Waals surface area contributed by atoms with Crippen LogP contribution >= 0.6 is 0 Å². The van der Waals surface area contributed by atoms with Crippen molar-refractivity contribution in [2.24, 2.45) is 0 Å². The third kappa shape index (κ3) is 6.04. The van der Waals surface area contributed by atoms with E-state index in [-0.39, 0.29) is 18.1 Å². The second-order valence-corrected chi connectivity index (χ2v) is 7.19. The Morgan fingerprint density at radius 3 is 2.32 bits per heavy atom. The van der Waals surface area contributed by atoms with Crippen LogP contribution in [0.25, 0.3) is 0 Å². The van der Waals surface area contributed by atoms with Gasteiger partial charge in [0, 0.05) is 11.8 Å². The first kappa shape index (κ1) is 24.1. The predicted molar refractivity (Wildman–Crippen MR) is 126 cm³/mol. The standard InChI is InChI=1S/C26H24N2O6/c1-3-33-20-12-18(25(26(30)31)28-19-10-8-17(15-27)9-11-19)13-21(14-20)34-16-23(29)22-6-4-5-7-24(22)32-2/h4-14,25,28H,3,16H2,1-2H3,(H,30,31)/t25-/m1/s1. The van der Waals surface area contributed by atoms with Crippen molar-refractivity contribution in [3.63, 3.8) is 0 Å². The second kappa shape index (κ2) is 11.4. The molecule has 3 rings (SSSR count). The van der Waals surface area contributed by atoms with Gasteiger partial charge in [0.2, 0.25) is 5.78 Å². The normalized spacial score (nSPS) is 11.1. The molecule has 0 aliphatic heterocycles. The van der Waals surface area contributed by atoms with Crippen LogP contribution in [0.5, 0.6) is 17.2 Å². The molecule has 0 unspecified atom stereocenters. The number of carbonyl (C=O) groups excluding carboxylic acids is 1. The number of Topliss-reactive ketones (excluding diaryl/α,β-unsaturated/α-hetero) is 1. The van der Waals surface area contributed by atoms with E-state index in [1.807, 2.05) is 13.0 Å². The Balaban J connectivity index is 1.85. The van der Waals surface area contributed by atoms with Gasteiger partial charge in [-0.2, -0.15) is 5.26 Å². The molecule has 174 valence electrons. The number of ketones is 1. The van der Waals surface area contributed by atoms with Crippen molar-refractivity contribution >= 4 is 17.4 Å². The highest BCUT2D eigenvalue weighted by atomic mass is 16.5. The summed E-state index contributed by atoms with van der Waals surface area (Å²) in [6.07, 6.45) is 0. The summed E-state index contributed by atoms with van der Waals surface area (Å²) < 4.78 is 16.5. The summed E-state index contributed by atoms with van der Waals surface area (Å²) in [5.74, 6) is -0.262. The first-order valence-electron chi connectivity index (χ1n) is 10.5. The molecule has 0 spiro atoms. The van der Waals surface area contributed by atoms with Crippen molar-refractivity contribution in [3.05, 3.63) is 83.4 Å². The van der Waals surface area contributed by atoms with Crippen LogP contribution in [0.15, 0.2) is 66.7 Å². The number of ether oxygens (including phenoxy) is 3. The van der Waals surface area contributed by atoms with E-state index < -0.39 is 12.0 Å².